The molecule has 0 bridgehead atoms. The quantitative estimate of drug-likeness (QED) is 0.785. The summed E-state index contributed by atoms with van der Waals surface area (Å²) < 4.78 is 10.7. The Labute approximate surface area is 114 Å². The minimum absolute atomic E-state index is 0.340. The van der Waals surface area contributed by atoms with E-state index in [0.717, 1.165) is 12.0 Å². The van der Waals surface area contributed by atoms with Gasteiger partial charge in [0.15, 0.2) is 11.5 Å². The van der Waals surface area contributed by atoms with E-state index in [9.17, 15) is 9.90 Å². The first-order valence-electron chi connectivity index (χ1n) is 6.64. The molecule has 0 fully saturated rings. The van der Waals surface area contributed by atoms with Gasteiger partial charge in [-0.1, -0.05) is 19.4 Å². The van der Waals surface area contributed by atoms with Crippen LogP contribution < -0.4 is 9.47 Å². The van der Waals surface area contributed by atoms with Crippen molar-refractivity contribution in [3.63, 3.8) is 0 Å². The van der Waals surface area contributed by atoms with E-state index in [1.807, 2.05) is 32.0 Å². The van der Waals surface area contributed by atoms with Crippen molar-refractivity contribution in [2.24, 2.45) is 5.92 Å². The third-order valence-corrected chi connectivity index (χ3v) is 3.00. The Morgan fingerprint density at radius 1 is 1.32 bits per heavy atom. The van der Waals surface area contributed by atoms with Crippen molar-refractivity contribution in [1.29, 1.82) is 0 Å². The number of hydrogen-bond donors (Lipinski definition) is 1. The Hall–Kier alpha value is -1.71. The van der Waals surface area contributed by atoms with Crippen LogP contribution in [0.5, 0.6) is 11.5 Å². The lowest BCUT2D eigenvalue weighted by molar-refractivity contribution is -0.141. The second-order valence-electron chi connectivity index (χ2n) is 4.45. The molecule has 0 aliphatic carbocycles. The van der Waals surface area contributed by atoms with Gasteiger partial charge in [-0.3, -0.25) is 4.79 Å². The van der Waals surface area contributed by atoms with E-state index >= 15 is 0 Å². The Kier molecular flexibility index (Phi) is 6.19. The van der Waals surface area contributed by atoms with Crippen molar-refractivity contribution < 1.29 is 19.4 Å². The maximum Gasteiger partial charge on any atom is 0.306 e. The Morgan fingerprint density at radius 2 is 2.05 bits per heavy atom. The van der Waals surface area contributed by atoms with Gasteiger partial charge in [-0.15, -0.1) is 0 Å². The van der Waals surface area contributed by atoms with E-state index in [4.69, 9.17) is 9.47 Å². The number of ether oxygens (including phenoxy) is 2. The van der Waals surface area contributed by atoms with Gasteiger partial charge >= 0.3 is 5.97 Å². The molecular weight excluding hydrogens is 244 g/mol. The summed E-state index contributed by atoms with van der Waals surface area (Å²) >= 11 is 0. The van der Waals surface area contributed by atoms with Gasteiger partial charge in [-0.2, -0.15) is 0 Å². The van der Waals surface area contributed by atoms with E-state index in [2.05, 4.69) is 0 Å². The minimum Gasteiger partial charge on any atom is -0.493 e. The largest absolute Gasteiger partial charge is 0.493 e. The average molecular weight is 266 g/mol. The third-order valence-electron chi connectivity index (χ3n) is 3.00. The van der Waals surface area contributed by atoms with E-state index in [-0.39, 0.29) is 5.92 Å². The zero-order valence-corrected chi connectivity index (χ0v) is 11.8. The highest BCUT2D eigenvalue weighted by atomic mass is 16.5. The number of benzene rings is 1. The van der Waals surface area contributed by atoms with Gasteiger partial charge in [0, 0.05) is 0 Å². The van der Waals surface area contributed by atoms with Gasteiger partial charge < -0.3 is 14.6 Å². The number of methoxy groups -OCH3 is 1. The van der Waals surface area contributed by atoms with Crippen LogP contribution in [0.15, 0.2) is 18.2 Å². The first-order valence-corrected chi connectivity index (χ1v) is 6.64. The van der Waals surface area contributed by atoms with Crippen molar-refractivity contribution >= 4 is 5.97 Å². The molecule has 19 heavy (non-hydrogen) atoms. The van der Waals surface area contributed by atoms with E-state index in [0.29, 0.717) is 30.9 Å². The van der Waals surface area contributed by atoms with Crippen LogP contribution in [-0.2, 0) is 11.2 Å². The van der Waals surface area contributed by atoms with Crippen molar-refractivity contribution in [3.8, 4) is 11.5 Å². The highest BCUT2D eigenvalue weighted by molar-refractivity contribution is 5.70. The molecule has 1 aromatic carbocycles. The summed E-state index contributed by atoms with van der Waals surface area (Å²) in [5.41, 5.74) is 0.959. The standard InChI is InChI=1S/C15H22O4/c1-4-6-12(15(16)17)9-11-7-8-13(19-5-2)14(10-11)18-3/h7-8,10,12H,4-6,9H2,1-3H3,(H,16,17). The van der Waals surface area contributed by atoms with E-state index < -0.39 is 5.97 Å². The highest BCUT2D eigenvalue weighted by Crippen LogP contribution is 2.29. The lowest BCUT2D eigenvalue weighted by Crippen LogP contribution is -2.16. The molecule has 1 rings (SSSR count). The number of carbonyl (C=O) groups is 1. The molecule has 106 valence electrons. The number of carboxylic acids is 1. The molecule has 0 aliphatic rings. The van der Waals surface area contributed by atoms with Crippen molar-refractivity contribution in [2.75, 3.05) is 13.7 Å². The first-order chi connectivity index (χ1) is 9.12. The number of carboxylic acid groups (broad SMARTS) is 1. The van der Waals surface area contributed by atoms with E-state index in [1.54, 1.807) is 7.11 Å². The molecular formula is C15H22O4. The molecule has 0 amide bonds. The molecule has 0 saturated carbocycles. The summed E-state index contributed by atoms with van der Waals surface area (Å²) in [7, 11) is 1.59. The molecule has 1 aromatic rings. The van der Waals surface area contributed by atoms with Gasteiger partial charge in [0.05, 0.1) is 19.6 Å². The van der Waals surface area contributed by atoms with Crippen LogP contribution in [0.1, 0.15) is 32.3 Å². The second kappa shape index (κ2) is 7.67. The molecule has 0 saturated heterocycles. The van der Waals surface area contributed by atoms with Gasteiger partial charge in [0.25, 0.3) is 0 Å². The van der Waals surface area contributed by atoms with E-state index in [1.165, 1.54) is 0 Å². The molecule has 0 aliphatic heterocycles. The maximum absolute atomic E-state index is 11.2. The molecule has 0 heterocycles. The van der Waals surface area contributed by atoms with Gasteiger partial charge in [-0.25, -0.2) is 0 Å². The fourth-order valence-corrected chi connectivity index (χ4v) is 2.06. The monoisotopic (exact) mass is 266 g/mol. The van der Waals surface area contributed by atoms with Gasteiger partial charge in [0.1, 0.15) is 0 Å². The lowest BCUT2D eigenvalue weighted by atomic mass is 9.95. The summed E-state index contributed by atoms with van der Waals surface area (Å²) in [6, 6.07) is 5.60. The molecule has 0 spiro atoms. The predicted octanol–water partition coefficient (Wildman–Crippen LogP) is 3.14. The summed E-state index contributed by atoms with van der Waals surface area (Å²) in [6.07, 6.45) is 2.07. The molecule has 4 nitrogen and oxygen atoms in total. The van der Waals surface area contributed by atoms with Crippen LogP contribution in [0.4, 0.5) is 0 Å². The number of aliphatic carboxylic acids is 1. The van der Waals surface area contributed by atoms with Crippen molar-refractivity contribution in [2.45, 2.75) is 33.1 Å². The van der Waals surface area contributed by atoms with Crippen LogP contribution in [-0.4, -0.2) is 24.8 Å². The minimum atomic E-state index is -0.741. The fraction of sp³-hybridized carbons (Fsp3) is 0.533. The highest BCUT2D eigenvalue weighted by Gasteiger charge is 2.17. The molecule has 1 unspecified atom stereocenters. The summed E-state index contributed by atoms with van der Waals surface area (Å²) in [6.45, 7) is 4.48. The van der Waals surface area contributed by atoms with Crippen molar-refractivity contribution in [3.05, 3.63) is 23.8 Å². The van der Waals surface area contributed by atoms with Crippen molar-refractivity contribution in [1.82, 2.24) is 0 Å². The van der Waals surface area contributed by atoms with Gasteiger partial charge in [0.2, 0.25) is 0 Å². The zero-order chi connectivity index (χ0) is 14.3. The van der Waals surface area contributed by atoms with Crippen LogP contribution in [0.2, 0.25) is 0 Å². The van der Waals surface area contributed by atoms with Crippen LogP contribution in [0, 0.1) is 5.92 Å². The van der Waals surface area contributed by atoms with Gasteiger partial charge in [-0.05, 0) is 37.5 Å². The molecule has 0 aromatic heterocycles. The third kappa shape index (κ3) is 4.47. The molecule has 1 atom stereocenters. The molecule has 1 N–H and O–H groups in total. The number of rotatable bonds is 8. The zero-order valence-electron chi connectivity index (χ0n) is 11.8. The number of hydrogen-bond acceptors (Lipinski definition) is 3. The maximum atomic E-state index is 11.2. The second-order valence-corrected chi connectivity index (χ2v) is 4.45. The summed E-state index contributed by atoms with van der Waals surface area (Å²) in [5.74, 6) is 0.262. The molecule has 0 radical (unpaired) electrons. The average Bonchev–Trinajstić information content (AvgIpc) is 2.40. The molecule has 4 heteroatoms. The van der Waals surface area contributed by atoms with Crippen LogP contribution >= 0.6 is 0 Å². The van der Waals surface area contributed by atoms with Crippen LogP contribution in [0.25, 0.3) is 0 Å². The summed E-state index contributed by atoms with van der Waals surface area (Å²) in [5, 5.41) is 9.18. The fourth-order valence-electron chi connectivity index (χ4n) is 2.06. The SMILES string of the molecule is CCCC(Cc1ccc(OCC)c(OC)c1)C(=O)O. The topological polar surface area (TPSA) is 55.8 Å². The lowest BCUT2D eigenvalue weighted by Gasteiger charge is -2.14. The Morgan fingerprint density at radius 3 is 2.58 bits per heavy atom. The first kappa shape index (κ1) is 15.3. The Balaban J connectivity index is 2.86. The Bertz CT molecular complexity index is 415. The predicted molar refractivity (Wildman–Crippen MR) is 73.9 cm³/mol. The summed E-state index contributed by atoms with van der Waals surface area (Å²) in [4.78, 5) is 11.2. The van der Waals surface area contributed by atoms with Crippen LogP contribution in [0.3, 0.4) is 0 Å². The normalized spacial score (nSPS) is 11.9. The smallest absolute Gasteiger partial charge is 0.306 e.